The predicted molar refractivity (Wildman–Crippen MR) is 137 cm³/mol. The van der Waals surface area contributed by atoms with Crippen molar-refractivity contribution in [1.29, 1.82) is 0 Å². The number of aromatic nitrogens is 1. The van der Waals surface area contributed by atoms with Gasteiger partial charge in [-0.2, -0.15) is 0 Å². The zero-order valence-corrected chi connectivity index (χ0v) is 20.8. The third kappa shape index (κ3) is 7.92. The van der Waals surface area contributed by atoms with E-state index in [1.807, 2.05) is 67.6 Å². The predicted octanol–water partition coefficient (Wildman–Crippen LogP) is 4.76. The van der Waals surface area contributed by atoms with Crippen LogP contribution in [0, 0.1) is 0 Å². The number of aliphatic imine (C=N–C) groups is 1. The van der Waals surface area contributed by atoms with E-state index in [0.717, 1.165) is 35.1 Å². The summed E-state index contributed by atoms with van der Waals surface area (Å²) < 4.78 is 16.1. The van der Waals surface area contributed by atoms with Crippen LogP contribution in [0.1, 0.15) is 18.1 Å². The number of halogens is 1. The van der Waals surface area contributed by atoms with Gasteiger partial charge in [0.15, 0.2) is 5.96 Å². The van der Waals surface area contributed by atoms with E-state index in [9.17, 15) is 0 Å². The smallest absolute Gasteiger partial charge is 0.219 e. The third-order valence-corrected chi connectivity index (χ3v) is 4.46. The van der Waals surface area contributed by atoms with Gasteiger partial charge in [0.05, 0.1) is 20.8 Å². The summed E-state index contributed by atoms with van der Waals surface area (Å²) in [6.45, 7) is 4.00. The minimum absolute atomic E-state index is 0. The highest BCUT2D eigenvalue weighted by Gasteiger charge is 2.02. The standard InChI is InChI=1S/C24H28N4O3.HI/c1-4-25-24(27-15-18-5-8-20(29-2)9-6-18)28-17-19-7-14-23(26-16-19)31-22-12-10-21(30-3)11-13-22;/h5-14,16H,4,15,17H2,1-3H3,(H2,25,27,28);1H. The molecule has 32 heavy (non-hydrogen) atoms. The van der Waals surface area contributed by atoms with Crippen LogP contribution in [-0.2, 0) is 13.1 Å². The van der Waals surface area contributed by atoms with Gasteiger partial charge in [-0.3, -0.25) is 0 Å². The molecule has 0 unspecified atom stereocenters. The minimum atomic E-state index is 0. The minimum Gasteiger partial charge on any atom is -0.497 e. The molecule has 3 aromatic rings. The third-order valence-electron chi connectivity index (χ3n) is 4.46. The lowest BCUT2D eigenvalue weighted by atomic mass is 10.2. The van der Waals surface area contributed by atoms with Crippen molar-refractivity contribution in [1.82, 2.24) is 15.6 Å². The second-order valence-corrected chi connectivity index (χ2v) is 6.68. The van der Waals surface area contributed by atoms with Crippen LogP contribution in [0.15, 0.2) is 71.9 Å². The molecule has 2 N–H and O–H groups in total. The van der Waals surface area contributed by atoms with E-state index < -0.39 is 0 Å². The maximum absolute atomic E-state index is 5.76. The van der Waals surface area contributed by atoms with Crippen molar-refractivity contribution < 1.29 is 14.2 Å². The molecule has 0 atom stereocenters. The second kappa shape index (κ2) is 13.4. The van der Waals surface area contributed by atoms with E-state index in [-0.39, 0.29) is 24.0 Å². The molecule has 3 rings (SSSR count). The fourth-order valence-electron chi connectivity index (χ4n) is 2.77. The number of hydrogen-bond acceptors (Lipinski definition) is 5. The number of methoxy groups -OCH3 is 2. The number of guanidine groups is 1. The average Bonchev–Trinajstić information content (AvgIpc) is 2.82. The second-order valence-electron chi connectivity index (χ2n) is 6.68. The Labute approximate surface area is 206 Å². The van der Waals surface area contributed by atoms with Gasteiger partial charge in [0.25, 0.3) is 0 Å². The summed E-state index contributed by atoms with van der Waals surface area (Å²) in [4.78, 5) is 9.02. The molecule has 7 nitrogen and oxygen atoms in total. The first kappa shape index (κ1) is 25.3. The molecule has 8 heteroatoms. The van der Waals surface area contributed by atoms with Crippen molar-refractivity contribution in [2.45, 2.75) is 20.0 Å². The Morgan fingerprint density at radius 1 is 0.812 bits per heavy atom. The van der Waals surface area contributed by atoms with Crippen LogP contribution in [0.3, 0.4) is 0 Å². The van der Waals surface area contributed by atoms with Gasteiger partial charge in [0, 0.05) is 25.4 Å². The van der Waals surface area contributed by atoms with E-state index in [4.69, 9.17) is 14.2 Å². The van der Waals surface area contributed by atoms with Crippen molar-refractivity contribution in [3.05, 3.63) is 78.0 Å². The van der Waals surface area contributed by atoms with E-state index >= 15 is 0 Å². The fourth-order valence-corrected chi connectivity index (χ4v) is 2.77. The number of ether oxygens (including phenoxy) is 3. The molecule has 0 spiro atoms. The highest BCUT2D eigenvalue weighted by molar-refractivity contribution is 14.0. The number of nitrogens with zero attached hydrogens (tertiary/aromatic N) is 2. The lowest BCUT2D eigenvalue weighted by molar-refractivity contribution is 0.412. The molecule has 0 bridgehead atoms. The summed E-state index contributed by atoms with van der Waals surface area (Å²) in [6, 6.07) is 19.1. The molecule has 0 aliphatic carbocycles. The zero-order valence-electron chi connectivity index (χ0n) is 18.5. The van der Waals surface area contributed by atoms with E-state index in [2.05, 4.69) is 20.6 Å². The first-order valence-electron chi connectivity index (χ1n) is 10.1. The molecular weight excluding hydrogens is 519 g/mol. The van der Waals surface area contributed by atoms with Gasteiger partial charge in [0.1, 0.15) is 17.2 Å². The Morgan fingerprint density at radius 2 is 1.41 bits per heavy atom. The van der Waals surface area contributed by atoms with Crippen molar-refractivity contribution in [3.63, 3.8) is 0 Å². The van der Waals surface area contributed by atoms with Crippen molar-refractivity contribution >= 4 is 29.9 Å². The number of hydrogen-bond donors (Lipinski definition) is 2. The van der Waals surface area contributed by atoms with Crippen LogP contribution in [0.2, 0.25) is 0 Å². The quantitative estimate of drug-likeness (QED) is 0.228. The summed E-state index contributed by atoms with van der Waals surface area (Å²) in [5.41, 5.74) is 2.14. The first-order chi connectivity index (χ1) is 15.2. The van der Waals surface area contributed by atoms with Crippen LogP contribution in [0.4, 0.5) is 0 Å². The summed E-state index contributed by atoms with van der Waals surface area (Å²) in [6.07, 6.45) is 1.77. The van der Waals surface area contributed by atoms with Gasteiger partial charge in [-0.15, -0.1) is 24.0 Å². The maximum atomic E-state index is 5.76. The highest BCUT2D eigenvalue weighted by Crippen LogP contribution is 2.22. The van der Waals surface area contributed by atoms with Crippen LogP contribution >= 0.6 is 24.0 Å². The van der Waals surface area contributed by atoms with Crippen LogP contribution in [-0.4, -0.2) is 31.7 Å². The van der Waals surface area contributed by atoms with Gasteiger partial charge < -0.3 is 24.8 Å². The van der Waals surface area contributed by atoms with Crippen molar-refractivity contribution in [3.8, 4) is 23.1 Å². The molecule has 2 aromatic carbocycles. The first-order valence-corrected chi connectivity index (χ1v) is 10.1. The van der Waals surface area contributed by atoms with Crippen LogP contribution in [0.25, 0.3) is 0 Å². The molecule has 170 valence electrons. The summed E-state index contributed by atoms with van der Waals surface area (Å²) in [5.74, 6) is 3.61. The average molecular weight is 548 g/mol. The van der Waals surface area contributed by atoms with Gasteiger partial charge in [-0.05, 0) is 54.4 Å². The number of pyridine rings is 1. The highest BCUT2D eigenvalue weighted by atomic mass is 127. The largest absolute Gasteiger partial charge is 0.497 e. The Balaban J connectivity index is 0.00000363. The Kier molecular flexibility index (Phi) is 10.6. The van der Waals surface area contributed by atoms with Crippen molar-refractivity contribution in [2.24, 2.45) is 4.99 Å². The number of rotatable bonds is 9. The molecular formula is C24H29IN4O3. The fraction of sp³-hybridized carbons (Fsp3) is 0.250. The normalized spacial score (nSPS) is 10.7. The monoisotopic (exact) mass is 548 g/mol. The van der Waals surface area contributed by atoms with Gasteiger partial charge >= 0.3 is 0 Å². The molecule has 1 aromatic heterocycles. The van der Waals surface area contributed by atoms with Crippen LogP contribution < -0.4 is 24.8 Å². The SMILES string of the molecule is CCNC(=NCc1ccc(Oc2ccc(OC)cc2)nc1)NCc1ccc(OC)cc1.I. The maximum Gasteiger partial charge on any atom is 0.219 e. The number of nitrogens with one attached hydrogen (secondary N) is 2. The topological polar surface area (TPSA) is 77.0 Å². The van der Waals surface area contributed by atoms with Crippen molar-refractivity contribution in [2.75, 3.05) is 20.8 Å². The Bertz CT molecular complexity index is 962. The summed E-state index contributed by atoms with van der Waals surface area (Å²) >= 11 is 0. The zero-order chi connectivity index (χ0) is 21.9. The number of benzene rings is 2. The molecule has 0 fully saturated rings. The van der Waals surface area contributed by atoms with Gasteiger partial charge in [-0.1, -0.05) is 18.2 Å². The molecule has 0 radical (unpaired) electrons. The lowest BCUT2D eigenvalue weighted by Crippen LogP contribution is -2.36. The molecule has 0 aliphatic rings. The van der Waals surface area contributed by atoms with Gasteiger partial charge in [-0.25, -0.2) is 9.98 Å². The summed E-state index contributed by atoms with van der Waals surface area (Å²) in [7, 11) is 3.30. The van der Waals surface area contributed by atoms with Gasteiger partial charge in [0.2, 0.25) is 5.88 Å². The summed E-state index contributed by atoms with van der Waals surface area (Å²) in [5, 5.41) is 6.60. The van der Waals surface area contributed by atoms with E-state index in [1.165, 1.54) is 0 Å². The molecule has 0 aliphatic heterocycles. The van der Waals surface area contributed by atoms with Crippen LogP contribution in [0.5, 0.6) is 23.1 Å². The molecule has 0 amide bonds. The Hall–Kier alpha value is -3.01. The molecule has 0 saturated carbocycles. The van der Waals surface area contributed by atoms with E-state index in [0.29, 0.717) is 24.7 Å². The molecule has 1 heterocycles. The lowest BCUT2D eigenvalue weighted by Gasteiger charge is -2.12. The van der Waals surface area contributed by atoms with E-state index in [1.54, 1.807) is 20.4 Å². The Morgan fingerprint density at radius 3 is 1.97 bits per heavy atom. The molecule has 0 saturated heterocycles.